The number of thiophene rings is 1. The Hall–Kier alpha value is -0.430. The van der Waals surface area contributed by atoms with E-state index in [2.05, 4.69) is 5.32 Å². The van der Waals surface area contributed by atoms with Crippen LogP contribution in [0, 0.1) is 11.8 Å². The van der Waals surface area contributed by atoms with Crippen molar-refractivity contribution in [3.05, 3.63) is 17.5 Å². The van der Waals surface area contributed by atoms with Crippen LogP contribution in [0.4, 0.5) is 0 Å². The molecule has 1 N–H and O–H groups in total. The lowest BCUT2D eigenvalue weighted by atomic mass is 10.0. The summed E-state index contributed by atoms with van der Waals surface area (Å²) in [5, 5.41) is 5.12. The van der Waals surface area contributed by atoms with Gasteiger partial charge in [0.25, 0.3) is 10.0 Å². The van der Waals surface area contributed by atoms with Crippen molar-refractivity contribution in [3.63, 3.8) is 0 Å². The van der Waals surface area contributed by atoms with Crippen LogP contribution >= 0.6 is 11.3 Å². The lowest BCUT2D eigenvalue weighted by Gasteiger charge is -2.15. The van der Waals surface area contributed by atoms with E-state index in [-0.39, 0.29) is 0 Å². The van der Waals surface area contributed by atoms with Crippen LogP contribution in [-0.4, -0.2) is 38.9 Å². The molecule has 2 atom stereocenters. The van der Waals surface area contributed by atoms with Crippen molar-refractivity contribution in [2.75, 3.05) is 26.2 Å². The van der Waals surface area contributed by atoms with E-state index in [0.29, 0.717) is 29.1 Å². The zero-order valence-corrected chi connectivity index (χ0v) is 10.4. The van der Waals surface area contributed by atoms with Crippen molar-refractivity contribution >= 4 is 21.4 Å². The van der Waals surface area contributed by atoms with Crippen molar-refractivity contribution in [2.45, 2.75) is 4.21 Å². The first-order valence-corrected chi connectivity index (χ1v) is 7.74. The molecule has 1 aromatic rings. The second kappa shape index (κ2) is 3.80. The van der Waals surface area contributed by atoms with Gasteiger partial charge in [-0.05, 0) is 36.4 Å². The summed E-state index contributed by atoms with van der Waals surface area (Å²) in [6, 6.07) is 3.47. The summed E-state index contributed by atoms with van der Waals surface area (Å²) >= 11 is 1.30. The van der Waals surface area contributed by atoms with Gasteiger partial charge in [0.2, 0.25) is 0 Å². The molecule has 2 fully saturated rings. The van der Waals surface area contributed by atoms with Crippen molar-refractivity contribution in [1.29, 1.82) is 0 Å². The Bertz CT molecular complexity index is 457. The summed E-state index contributed by atoms with van der Waals surface area (Å²) in [5.41, 5.74) is 0. The fourth-order valence-corrected chi connectivity index (χ4v) is 5.24. The maximum atomic E-state index is 12.2. The van der Waals surface area contributed by atoms with Gasteiger partial charge >= 0.3 is 0 Å². The highest BCUT2D eigenvalue weighted by Gasteiger charge is 2.41. The molecule has 2 aliphatic rings. The predicted octanol–water partition coefficient (Wildman–Crippen LogP) is 0.588. The molecule has 0 radical (unpaired) electrons. The Labute approximate surface area is 99.3 Å². The first kappa shape index (κ1) is 10.7. The molecule has 16 heavy (non-hydrogen) atoms. The molecule has 0 amide bonds. The highest BCUT2D eigenvalue weighted by Crippen LogP contribution is 2.31. The van der Waals surface area contributed by atoms with E-state index in [1.165, 1.54) is 11.3 Å². The van der Waals surface area contributed by atoms with Gasteiger partial charge in [0, 0.05) is 13.1 Å². The minimum Gasteiger partial charge on any atom is -0.316 e. The van der Waals surface area contributed by atoms with Crippen molar-refractivity contribution in [1.82, 2.24) is 9.62 Å². The van der Waals surface area contributed by atoms with Gasteiger partial charge in [-0.25, -0.2) is 8.42 Å². The number of hydrogen-bond acceptors (Lipinski definition) is 4. The molecule has 0 aliphatic carbocycles. The standard InChI is InChI=1S/C10H14N2O2S2/c13-16(14,10-2-1-3-15-10)12-6-8-4-11-5-9(8)7-12/h1-3,8-9,11H,4-7H2. The molecule has 1 aromatic heterocycles. The lowest BCUT2D eigenvalue weighted by Crippen LogP contribution is -2.31. The SMILES string of the molecule is O=S(=O)(c1cccs1)N1CC2CNCC2C1. The van der Waals surface area contributed by atoms with Gasteiger partial charge < -0.3 is 5.32 Å². The van der Waals surface area contributed by atoms with Crippen LogP contribution in [0.15, 0.2) is 21.7 Å². The van der Waals surface area contributed by atoms with Crippen molar-refractivity contribution in [2.24, 2.45) is 11.8 Å². The average Bonchev–Trinajstić information content (AvgIpc) is 2.94. The van der Waals surface area contributed by atoms with Gasteiger partial charge in [-0.3, -0.25) is 0 Å². The Morgan fingerprint density at radius 3 is 2.56 bits per heavy atom. The van der Waals surface area contributed by atoms with E-state index in [1.807, 2.05) is 5.38 Å². The highest BCUT2D eigenvalue weighted by atomic mass is 32.2. The number of nitrogens with zero attached hydrogens (tertiary/aromatic N) is 1. The zero-order chi connectivity index (χ0) is 11.2. The fourth-order valence-electron chi connectivity index (χ4n) is 2.55. The lowest BCUT2D eigenvalue weighted by molar-refractivity contribution is 0.449. The van der Waals surface area contributed by atoms with E-state index >= 15 is 0 Å². The van der Waals surface area contributed by atoms with E-state index in [1.54, 1.807) is 16.4 Å². The van der Waals surface area contributed by atoms with Crippen LogP contribution in [0.25, 0.3) is 0 Å². The molecule has 0 saturated carbocycles. The molecule has 0 spiro atoms. The molecular weight excluding hydrogens is 244 g/mol. The summed E-state index contributed by atoms with van der Waals surface area (Å²) < 4.78 is 26.6. The first-order chi connectivity index (χ1) is 7.68. The topological polar surface area (TPSA) is 49.4 Å². The summed E-state index contributed by atoms with van der Waals surface area (Å²) in [5.74, 6) is 1.02. The molecule has 3 rings (SSSR count). The Kier molecular flexibility index (Phi) is 2.54. The second-order valence-electron chi connectivity index (χ2n) is 4.43. The first-order valence-electron chi connectivity index (χ1n) is 5.42. The third-order valence-corrected chi connectivity index (χ3v) is 6.65. The smallest absolute Gasteiger partial charge is 0.252 e. The minimum absolute atomic E-state index is 0.473. The van der Waals surface area contributed by atoms with Gasteiger partial charge in [-0.2, -0.15) is 4.31 Å². The summed E-state index contributed by atoms with van der Waals surface area (Å²) in [6.45, 7) is 3.28. The molecule has 4 nitrogen and oxygen atoms in total. The number of nitrogens with one attached hydrogen (secondary N) is 1. The maximum Gasteiger partial charge on any atom is 0.252 e. The summed E-state index contributed by atoms with van der Waals surface area (Å²) in [4.78, 5) is 0. The molecule has 88 valence electrons. The fraction of sp³-hybridized carbons (Fsp3) is 0.600. The van der Waals surface area contributed by atoms with Crippen molar-refractivity contribution in [3.8, 4) is 0 Å². The Morgan fingerprint density at radius 2 is 2.00 bits per heavy atom. The molecule has 2 saturated heterocycles. The third-order valence-electron chi connectivity index (χ3n) is 3.45. The summed E-state index contributed by atoms with van der Waals surface area (Å²) in [6.07, 6.45) is 0. The number of sulfonamides is 1. The molecule has 3 heterocycles. The minimum atomic E-state index is -3.21. The quantitative estimate of drug-likeness (QED) is 0.844. The third kappa shape index (κ3) is 1.60. The van der Waals surface area contributed by atoms with Gasteiger partial charge in [0.1, 0.15) is 4.21 Å². The number of rotatable bonds is 2. The van der Waals surface area contributed by atoms with E-state index in [0.717, 1.165) is 13.1 Å². The predicted molar refractivity (Wildman–Crippen MR) is 62.9 cm³/mol. The molecule has 2 unspecified atom stereocenters. The van der Waals surface area contributed by atoms with Crippen molar-refractivity contribution < 1.29 is 8.42 Å². The van der Waals surface area contributed by atoms with E-state index < -0.39 is 10.0 Å². The highest BCUT2D eigenvalue weighted by molar-refractivity contribution is 7.91. The van der Waals surface area contributed by atoms with Gasteiger partial charge in [-0.1, -0.05) is 6.07 Å². The monoisotopic (exact) mass is 258 g/mol. The van der Waals surface area contributed by atoms with E-state index in [9.17, 15) is 8.42 Å². The van der Waals surface area contributed by atoms with Crippen LogP contribution in [0.5, 0.6) is 0 Å². The maximum absolute atomic E-state index is 12.2. The van der Waals surface area contributed by atoms with Gasteiger partial charge in [0.05, 0.1) is 0 Å². The molecular formula is C10H14N2O2S2. The Morgan fingerprint density at radius 1 is 1.31 bits per heavy atom. The van der Waals surface area contributed by atoms with Crippen LogP contribution in [-0.2, 0) is 10.0 Å². The number of hydrogen-bond donors (Lipinski definition) is 1. The Balaban J connectivity index is 1.85. The van der Waals surface area contributed by atoms with E-state index in [4.69, 9.17) is 0 Å². The molecule has 0 aromatic carbocycles. The molecule has 2 aliphatic heterocycles. The van der Waals surface area contributed by atoms with Crippen LogP contribution in [0.3, 0.4) is 0 Å². The summed E-state index contributed by atoms with van der Waals surface area (Å²) in [7, 11) is -3.21. The van der Waals surface area contributed by atoms with Crippen LogP contribution in [0.1, 0.15) is 0 Å². The van der Waals surface area contributed by atoms with Crippen LogP contribution < -0.4 is 5.32 Å². The normalized spacial score (nSPS) is 30.8. The number of fused-ring (bicyclic) bond motifs is 1. The average molecular weight is 258 g/mol. The second-order valence-corrected chi connectivity index (χ2v) is 7.54. The zero-order valence-electron chi connectivity index (χ0n) is 8.80. The van der Waals surface area contributed by atoms with Gasteiger partial charge in [-0.15, -0.1) is 11.3 Å². The van der Waals surface area contributed by atoms with Gasteiger partial charge in [0.15, 0.2) is 0 Å². The molecule has 6 heteroatoms. The largest absolute Gasteiger partial charge is 0.316 e. The molecule has 0 bridgehead atoms. The van der Waals surface area contributed by atoms with Crippen LogP contribution in [0.2, 0.25) is 0 Å².